The molecular formula is C8H17NO. The van der Waals surface area contributed by atoms with Crippen LogP contribution in [0.2, 0.25) is 0 Å². The van der Waals surface area contributed by atoms with Gasteiger partial charge in [-0.1, -0.05) is 0 Å². The van der Waals surface area contributed by atoms with E-state index in [2.05, 4.69) is 25.7 Å². The maximum Gasteiger partial charge on any atom is 0.0682 e. The van der Waals surface area contributed by atoms with Crippen molar-refractivity contribution in [2.45, 2.75) is 45.4 Å². The second-order valence-corrected chi connectivity index (χ2v) is 3.53. The first-order valence-electron chi connectivity index (χ1n) is 4.05. The largest absolute Gasteiger partial charge is 0.392 e. The molecule has 0 spiro atoms. The molecule has 0 aromatic carbocycles. The molecule has 0 radical (unpaired) electrons. The molecule has 0 bridgehead atoms. The number of likely N-dealkylation sites (tertiary alicyclic amines) is 1. The number of aliphatic hydroxyl groups is 1. The van der Waals surface area contributed by atoms with Crippen molar-refractivity contribution in [3.63, 3.8) is 0 Å². The summed E-state index contributed by atoms with van der Waals surface area (Å²) in [7, 11) is 0. The Kier molecular flexibility index (Phi) is 2.32. The standard InChI is InChI=1S/C8H17NO/c1-6(2)9-5-8(10)4-7(9)3/h6-8,10H,4-5H2,1-3H3/t7-,8+/m0/s1. The van der Waals surface area contributed by atoms with Crippen LogP contribution >= 0.6 is 0 Å². The third kappa shape index (κ3) is 1.50. The zero-order valence-electron chi connectivity index (χ0n) is 7.04. The molecular weight excluding hydrogens is 126 g/mol. The quantitative estimate of drug-likeness (QED) is 0.588. The highest BCUT2D eigenvalue weighted by molar-refractivity contribution is 4.83. The molecule has 1 fully saturated rings. The van der Waals surface area contributed by atoms with Crippen LogP contribution in [0.5, 0.6) is 0 Å². The Morgan fingerprint density at radius 1 is 1.50 bits per heavy atom. The van der Waals surface area contributed by atoms with E-state index < -0.39 is 0 Å². The lowest BCUT2D eigenvalue weighted by atomic mass is 10.2. The fourth-order valence-electron chi connectivity index (χ4n) is 1.75. The van der Waals surface area contributed by atoms with E-state index in [1.807, 2.05) is 0 Å². The van der Waals surface area contributed by atoms with Gasteiger partial charge < -0.3 is 5.11 Å². The van der Waals surface area contributed by atoms with Gasteiger partial charge in [0.2, 0.25) is 0 Å². The molecule has 1 heterocycles. The van der Waals surface area contributed by atoms with Crippen molar-refractivity contribution in [2.24, 2.45) is 0 Å². The van der Waals surface area contributed by atoms with Gasteiger partial charge in [0.1, 0.15) is 0 Å². The average Bonchev–Trinajstić information content (AvgIpc) is 2.10. The van der Waals surface area contributed by atoms with Crippen LogP contribution in [0.3, 0.4) is 0 Å². The zero-order valence-corrected chi connectivity index (χ0v) is 7.04. The highest BCUT2D eigenvalue weighted by Crippen LogP contribution is 2.19. The van der Waals surface area contributed by atoms with Crippen molar-refractivity contribution < 1.29 is 5.11 Å². The molecule has 0 aliphatic carbocycles. The summed E-state index contributed by atoms with van der Waals surface area (Å²) in [6, 6.07) is 1.14. The molecule has 0 unspecified atom stereocenters. The van der Waals surface area contributed by atoms with Crippen LogP contribution in [0.4, 0.5) is 0 Å². The Hall–Kier alpha value is -0.0800. The predicted molar refractivity (Wildman–Crippen MR) is 41.9 cm³/mol. The molecule has 1 aliphatic rings. The minimum absolute atomic E-state index is 0.0857. The highest BCUT2D eigenvalue weighted by atomic mass is 16.3. The first-order valence-corrected chi connectivity index (χ1v) is 4.05. The summed E-state index contributed by atoms with van der Waals surface area (Å²) in [5, 5.41) is 9.28. The number of hydrogen-bond acceptors (Lipinski definition) is 2. The predicted octanol–water partition coefficient (Wildman–Crippen LogP) is 0.850. The van der Waals surface area contributed by atoms with Crippen LogP contribution in [0.1, 0.15) is 27.2 Å². The van der Waals surface area contributed by atoms with Gasteiger partial charge >= 0.3 is 0 Å². The maximum absolute atomic E-state index is 9.28. The number of rotatable bonds is 1. The van der Waals surface area contributed by atoms with Gasteiger partial charge in [0.05, 0.1) is 6.10 Å². The Bertz CT molecular complexity index is 114. The minimum atomic E-state index is -0.0857. The topological polar surface area (TPSA) is 23.5 Å². The monoisotopic (exact) mass is 143 g/mol. The Morgan fingerprint density at radius 2 is 2.10 bits per heavy atom. The molecule has 10 heavy (non-hydrogen) atoms. The Balaban J connectivity index is 2.46. The minimum Gasteiger partial charge on any atom is -0.392 e. The third-order valence-electron chi connectivity index (χ3n) is 2.26. The molecule has 0 saturated carbocycles. The van der Waals surface area contributed by atoms with Crippen molar-refractivity contribution in [3.05, 3.63) is 0 Å². The smallest absolute Gasteiger partial charge is 0.0682 e. The van der Waals surface area contributed by atoms with E-state index >= 15 is 0 Å². The van der Waals surface area contributed by atoms with Gasteiger partial charge in [-0.05, 0) is 27.2 Å². The highest BCUT2D eigenvalue weighted by Gasteiger charge is 2.28. The summed E-state index contributed by atoms with van der Waals surface area (Å²) in [4.78, 5) is 2.34. The second-order valence-electron chi connectivity index (χ2n) is 3.53. The van der Waals surface area contributed by atoms with E-state index in [4.69, 9.17) is 0 Å². The fourth-order valence-corrected chi connectivity index (χ4v) is 1.75. The third-order valence-corrected chi connectivity index (χ3v) is 2.26. The molecule has 2 atom stereocenters. The summed E-state index contributed by atoms with van der Waals surface area (Å²) >= 11 is 0. The van der Waals surface area contributed by atoms with E-state index in [-0.39, 0.29) is 6.10 Å². The van der Waals surface area contributed by atoms with Crippen molar-refractivity contribution in [3.8, 4) is 0 Å². The summed E-state index contributed by atoms with van der Waals surface area (Å²) in [6.45, 7) is 7.39. The van der Waals surface area contributed by atoms with Crippen LogP contribution in [0.15, 0.2) is 0 Å². The lowest BCUT2D eigenvalue weighted by Crippen LogP contribution is -2.34. The molecule has 1 aliphatic heterocycles. The van der Waals surface area contributed by atoms with E-state index in [0.717, 1.165) is 13.0 Å². The summed E-state index contributed by atoms with van der Waals surface area (Å²) in [5.41, 5.74) is 0. The number of β-amino-alcohol motifs (C(OH)–C–C–N with tert-alkyl or cyclic N) is 1. The first kappa shape index (κ1) is 8.02. The van der Waals surface area contributed by atoms with Crippen LogP contribution in [0, 0.1) is 0 Å². The Labute approximate surface area is 62.8 Å². The van der Waals surface area contributed by atoms with Crippen molar-refractivity contribution in [2.75, 3.05) is 6.54 Å². The van der Waals surface area contributed by atoms with Gasteiger partial charge in [-0.3, -0.25) is 4.90 Å². The van der Waals surface area contributed by atoms with Crippen molar-refractivity contribution >= 4 is 0 Å². The van der Waals surface area contributed by atoms with Gasteiger partial charge in [0.15, 0.2) is 0 Å². The van der Waals surface area contributed by atoms with Gasteiger partial charge in [-0.2, -0.15) is 0 Å². The van der Waals surface area contributed by atoms with E-state index in [0.29, 0.717) is 12.1 Å². The number of nitrogens with zero attached hydrogens (tertiary/aromatic N) is 1. The molecule has 1 saturated heterocycles. The van der Waals surface area contributed by atoms with Crippen LogP contribution in [0.25, 0.3) is 0 Å². The lowest BCUT2D eigenvalue weighted by molar-refractivity contribution is 0.161. The van der Waals surface area contributed by atoms with Gasteiger partial charge in [-0.25, -0.2) is 0 Å². The summed E-state index contributed by atoms with van der Waals surface area (Å²) < 4.78 is 0. The number of hydrogen-bond donors (Lipinski definition) is 1. The van der Waals surface area contributed by atoms with Gasteiger partial charge in [-0.15, -0.1) is 0 Å². The van der Waals surface area contributed by atoms with Crippen LogP contribution in [-0.4, -0.2) is 34.7 Å². The Morgan fingerprint density at radius 3 is 2.30 bits per heavy atom. The molecule has 0 amide bonds. The van der Waals surface area contributed by atoms with Crippen molar-refractivity contribution in [1.82, 2.24) is 4.90 Å². The number of aliphatic hydroxyl groups excluding tert-OH is 1. The molecule has 1 rings (SSSR count). The molecule has 2 heteroatoms. The van der Waals surface area contributed by atoms with Gasteiger partial charge in [0, 0.05) is 18.6 Å². The van der Waals surface area contributed by atoms with E-state index in [1.54, 1.807) is 0 Å². The first-order chi connectivity index (χ1) is 4.61. The van der Waals surface area contributed by atoms with Crippen LogP contribution < -0.4 is 0 Å². The zero-order chi connectivity index (χ0) is 7.72. The van der Waals surface area contributed by atoms with E-state index in [9.17, 15) is 5.11 Å². The second kappa shape index (κ2) is 2.89. The lowest BCUT2D eigenvalue weighted by Gasteiger charge is -2.24. The molecule has 0 aromatic rings. The van der Waals surface area contributed by atoms with Crippen molar-refractivity contribution in [1.29, 1.82) is 0 Å². The SMILES string of the molecule is CC(C)N1C[C@H](O)C[C@@H]1C. The van der Waals surface area contributed by atoms with E-state index in [1.165, 1.54) is 0 Å². The summed E-state index contributed by atoms with van der Waals surface area (Å²) in [6.07, 6.45) is 0.857. The summed E-state index contributed by atoms with van der Waals surface area (Å²) in [5.74, 6) is 0. The molecule has 60 valence electrons. The average molecular weight is 143 g/mol. The normalized spacial score (nSPS) is 35.7. The van der Waals surface area contributed by atoms with Crippen LogP contribution in [-0.2, 0) is 0 Å². The fraction of sp³-hybridized carbons (Fsp3) is 1.00. The molecule has 0 aromatic heterocycles. The molecule has 2 nitrogen and oxygen atoms in total. The van der Waals surface area contributed by atoms with Gasteiger partial charge in [0.25, 0.3) is 0 Å². The maximum atomic E-state index is 9.28. The molecule has 1 N–H and O–H groups in total.